The van der Waals surface area contributed by atoms with E-state index in [4.69, 9.17) is 0 Å². The second-order valence-corrected chi connectivity index (χ2v) is 6.29. The van der Waals surface area contributed by atoms with Crippen molar-refractivity contribution < 1.29 is 4.79 Å². The van der Waals surface area contributed by atoms with Gasteiger partial charge < -0.3 is 0 Å². The predicted octanol–water partition coefficient (Wildman–Crippen LogP) is 1.98. The van der Waals surface area contributed by atoms with Crippen molar-refractivity contribution in [3.05, 3.63) is 71.8 Å². The Morgan fingerprint density at radius 1 is 0.875 bits per heavy atom. The molecule has 2 aromatic carbocycles. The summed E-state index contributed by atoms with van der Waals surface area (Å²) in [6.07, 6.45) is 0. The van der Waals surface area contributed by atoms with Gasteiger partial charge in [0.2, 0.25) is 0 Å². The van der Waals surface area contributed by atoms with Gasteiger partial charge in [0.1, 0.15) is 0 Å². The van der Waals surface area contributed by atoms with Crippen LogP contribution in [-0.4, -0.2) is 22.3 Å². The molecule has 0 saturated heterocycles. The van der Waals surface area contributed by atoms with Crippen LogP contribution in [0.3, 0.4) is 0 Å². The van der Waals surface area contributed by atoms with E-state index in [1.54, 1.807) is 0 Å². The average molecular weight is 271 g/mol. The van der Waals surface area contributed by atoms with Crippen LogP contribution in [0.1, 0.15) is 20.7 Å². The number of benzene rings is 2. The van der Waals surface area contributed by atoms with Crippen LogP contribution < -0.4 is 0 Å². The molecule has 0 fully saturated rings. The predicted molar refractivity (Wildman–Crippen MR) is 69.9 cm³/mol. The fourth-order valence-electron chi connectivity index (χ4n) is 1.75. The van der Waals surface area contributed by atoms with E-state index < -0.39 is 0 Å². The molecule has 0 aliphatic heterocycles. The summed E-state index contributed by atoms with van der Waals surface area (Å²) in [6.45, 7) is 0. The molecule has 0 aliphatic carbocycles. The minimum absolute atomic E-state index is 0.107. The Kier molecular flexibility index (Phi) is 3.57. The maximum absolute atomic E-state index is 12.2. The van der Waals surface area contributed by atoms with E-state index in [9.17, 15) is 4.79 Å². The molecule has 0 heterocycles. The molecule has 1 unspecified atom stereocenters. The van der Waals surface area contributed by atoms with Crippen LogP contribution in [0.2, 0.25) is 0 Å². The molecule has 0 N–H and O–H groups in total. The van der Waals surface area contributed by atoms with Crippen molar-refractivity contribution >= 4 is 22.3 Å². The van der Waals surface area contributed by atoms with Crippen LogP contribution in [0.5, 0.6) is 0 Å². The number of rotatable bonds is 3. The van der Waals surface area contributed by atoms with Crippen molar-refractivity contribution in [2.24, 2.45) is 0 Å². The van der Waals surface area contributed by atoms with Gasteiger partial charge in [0.15, 0.2) is 0 Å². The third kappa shape index (κ3) is 2.42. The molecule has 0 spiro atoms. The van der Waals surface area contributed by atoms with E-state index >= 15 is 0 Å². The van der Waals surface area contributed by atoms with Gasteiger partial charge in [0.25, 0.3) is 0 Å². The molecule has 0 saturated carbocycles. The Labute approximate surface area is 104 Å². The van der Waals surface area contributed by atoms with Gasteiger partial charge in [-0.2, -0.15) is 0 Å². The van der Waals surface area contributed by atoms with Crippen molar-refractivity contribution in [1.29, 1.82) is 0 Å². The van der Waals surface area contributed by atoms with Crippen LogP contribution in [0.4, 0.5) is 0 Å². The zero-order valence-electron chi connectivity index (χ0n) is 9.26. The minimum atomic E-state index is 0.107. The zero-order chi connectivity index (χ0) is 11.4. The van der Waals surface area contributed by atoms with Crippen LogP contribution in [0.15, 0.2) is 60.7 Å². The van der Waals surface area contributed by atoms with Crippen molar-refractivity contribution in [2.45, 2.75) is 4.75 Å². The number of carbonyl (C=O) groups excluding carboxylic acids is 1. The Hall–Kier alpha value is -1.35. The summed E-state index contributed by atoms with van der Waals surface area (Å²) in [5.74, 6) is 0.256. The SMILES string of the molecule is O=C(c1ccccc1)[CH]([GeH3])c1ccccc1. The maximum atomic E-state index is 12.2. The first-order chi connectivity index (χ1) is 7.79. The first kappa shape index (κ1) is 11.1. The van der Waals surface area contributed by atoms with Gasteiger partial charge in [0.05, 0.1) is 0 Å². The fourth-order valence-corrected chi connectivity index (χ4v) is 3.25. The standard InChI is InChI=1S/C14H14GeO/c15-13(11-7-3-1-4-8-11)14(16)12-9-5-2-6-10-12/h1-10,13H,15H3. The molecule has 0 aromatic heterocycles. The summed E-state index contributed by atoms with van der Waals surface area (Å²) >= 11 is 0.460. The van der Waals surface area contributed by atoms with Crippen LogP contribution in [0, 0.1) is 0 Å². The molecule has 16 heavy (non-hydrogen) atoms. The monoisotopic (exact) mass is 272 g/mol. The molecule has 0 amide bonds. The summed E-state index contributed by atoms with van der Waals surface area (Å²) in [7, 11) is 0. The van der Waals surface area contributed by atoms with Gasteiger partial charge in [-0.05, 0) is 0 Å². The van der Waals surface area contributed by atoms with E-state index in [0.29, 0.717) is 16.5 Å². The van der Waals surface area contributed by atoms with Crippen LogP contribution in [0.25, 0.3) is 0 Å². The molecule has 0 aliphatic rings. The molecule has 80 valence electrons. The fraction of sp³-hybridized carbons (Fsp3) is 0.0714. The van der Waals surface area contributed by atoms with E-state index in [-0.39, 0.29) is 10.5 Å². The van der Waals surface area contributed by atoms with Gasteiger partial charge in [0, 0.05) is 0 Å². The van der Waals surface area contributed by atoms with E-state index in [1.807, 2.05) is 60.7 Å². The molecule has 1 nitrogen and oxygen atoms in total. The number of Topliss-reactive ketones (excluding diaryl/α,β-unsaturated/α-hetero) is 1. The second kappa shape index (κ2) is 5.12. The average Bonchev–Trinajstić information content (AvgIpc) is 2.39. The van der Waals surface area contributed by atoms with E-state index in [2.05, 4.69) is 0 Å². The summed E-state index contributed by atoms with van der Waals surface area (Å²) in [5.41, 5.74) is 1.97. The summed E-state index contributed by atoms with van der Waals surface area (Å²) in [4.78, 5) is 12.2. The Balaban J connectivity index is 2.24. The Morgan fingerprint density at radius 3 is 1.94 bits per heavy atom. The van der Waals surface area contributed by atoms with Crippen LogP contribution in [-0.2, 0) is 0 Å². The molecule has 1 atom stereocenters. The first-order valence-electron chi connectivity index (χ1n) is 5.43. The van der Waals surface area contributed by atoms with Crippen LogP contribution >= 0.6 is 0 Å². The summed E-state index contributed by atoms with van der Waals surface area (Å²) in [6, 6.07) is 19.6. The molecule has 0 bridgehead atoms. The quantitative estimate of drug-likeness (QED) is 0.616. The van der Waals surface area contributed by atoms with Crippen molar-refractivity contribution in [1.82, 2.24) is 0 Å². The number of ketones is 1. The second-order valence-electron chi connectivity index (χ2n) is 3.86. The molecule has 2 rings (SSSR count). The van der Waals surface area contributed by atoms with Gasteiger partial charge in [-0.15, -0.1) is 0 Å². The molecular formula is C14H14GeO. The Morgan fingerprint density at radius 2 is 1.38 bits per heavy atom. The third-order valence-corrected chi connectivity index (χ3v) is 5.25. The third-order valence-electron chi connectivity index (χ3n) is 2.75. The molecule has 2 aromatic rings. The van der Waals surface area contributed by atoms with Gasteiger partial charge in [-0.3, -0.25) is 0 Å². The summed E-state index contributed by atoms with van der Waals surface area (Å²) < 4.78 is 0.107. The first-order valence-corrected chi connectivity index (χ1v) is 7.85. The molecule has 0 radical (unpaired) electrons. The number of hydrogen-bond acceptors (Lipinski definition) is 1. The van der Waals surface area contributed by atoms with Crippen molar-refractivity contribution in [2.75, 3.05) is 0 Å². The number of hydrogen-bond donors (Lipinski definition) is 0. The van der Waals surface area contributed by atoms with E-state index in [0.717, 1.165) is 11.1 Å². The number of carbonyl (C=O) groups is 1. The zero-order valence-corrected chi connectivity index (χ0v) is 13.5. The van der Waals surface area contributed by atoms with Gasteiger partial charge in [-0.25, -0.2) is 0 Å². The van der Waals surface area contributed by atoms with Gasteiger partial charge in [-0.1, -0.05) is 0 Å². The molecule has 2 heteroatoms. The topological polar surface area (TPSA) is 17.1 Å². The normalized spacial score (nSPS) is 12.2. The summed E-state index contributed by atoms with van der Waals surface area (Å²) in [5, 5.41) is 0. The van der Waals surface area contributed by atoms with E-state index in [1.165, 1.54) is 0 Å². The van der Waals surface area contributed by atoms with Gasteiger partial charge >= 0.3 is 104 Å². The molecular weight excluding hydrogens is 257 g/mol. The van der Waals surface area contributed by atoms with Crippen molar-refractivity contribution in [3.8, 4) is 0 Å². The Bertz CT molecular complexity index is 465. The van der Waals surface area contributed by atoms with Crippen molar-refractivity contribution in [3.63, 3.8) is 0 Å².